The molecule has 37 heavy (non-hydrogen) atoms. The van der Waals surface area contributed by atoms with Crippen LogP contribution in [0.25, 0.3) is 0 Å². The lowest BCUT2D eigenvalue weighted by atomic mass is 9.52. The number of hydrogen-bond donors (Lipinski definition) is 0. The van der Waals surface area contributed by atoms with Gasteiger partial charge in [0.05, 0.1) is 5.23 Å². The highest BCUT2D eigenvalue weighted by atomic mass is 28.3. The summed E-state index contributed by atoms with van der Waals surface area (Å²) in [4.78, 5) is 5.54. The third kappa shape index (κ3) is 5.46. The first kappa shape index (κ1) is 29.1. The standard InChI is InChI=1S/C31H54B2N3Si/c1-22(2)34(23(3)4)33(35(24(5)6)25(7)8)30(37(9,10)29-14-12-11-13-15-29)36(32)31-19-26-16-27(20-31)18-28(17-26)21-31/h11-15,22-28H,16-21H2,1-10H3/b36-30-. The molecular formula is C31H54B2N3Si. The zero-order valence-corrected chi connectivity index (χ0v) is 26.7. The summed E-state index contributed by atoms with van der Waals surface area (Å²) in [6.07, 6.45) is 8.20. The quantitative estimate of drug-likeness (QED) is 0.281. The molecule has 1 aromatic rings. The molecule has 0 aliphatic heterocycles. The highest BCUT2D eigenvalue weighted by Gasteiger charge is 2.57. The molecule has 0 spiro atoms. The van der Waals surface area contributed by atoms with E-state index >= 15 is 0 Å². The molecule has 203 valence electrons. The van der Waals surface area contributed by atoms with Crippen LogP contribution >= 0.6 is 0 Å². The zero-order valence-electron chi connectivity index (χ0n) is 25.7. The third-order valence-corrected chi connectivity index (χ3v) is 13.7. The Balaban J connectivity index is 2.01. The van der Waals surface area contributed by atoms with Gasteiger partial charge in [0.2, 0.25) is 0 Å². The van der Waals surface area contributed by atoms with Gasteiger partial charge in [-0.2, -0.15) is 0 Å². The second-order valence-electron chi connectivity index (χ2n) is 14.5. The molecule has 0 saturated heterocycles. The van der Waals surface area contributed by atoms with Crippen LogP contribution in [0.4, 0.5) is 0 Å². The number of hydrogen-bond acceptors (Lipinski definition) is 2. The summed E-state index contributed by atoms with van der Waals surface area (Å²) in [6.45, 7) is 24.4. The van der Waals surface area contributed by atoms with Crippen molar-refractivity contribution in [2.24, 2.45) is 17.8 Å². The molecule has 1 aromatic carbocycles. The van der Waals surface area contributed by atoms with Crippen LogP contribution in [0, 0.1) is 17.8 Å². The minimum atomic E-state index is -2.16. The van der Waals surface area contributed by atoms with Crippen molar-refractivity contribution in [3.05, 3.63) is 30.3 Å². The highest BCUT2D eigenvalue weighted by molar-refractivity contribution is 7.30. The van der Waals surface area contributed by atoms with Crippen LogP contribution in [-0.4, -0.2) is 72.1 Å². The molecule has 0 aromatic heterocycles. The molecule has 4 fully saturated rings. The van der Waals surface area contributed by atoms with Crippen LogP contribution in [0.3, 0.4) is 0 Å². The van der Waals surface area contributed by atoms with Gasteiger partial charge in [-0.05, 0) is 66.4 Å². The van der Waals surface area contributed by atoms with E-state index in [1.165, 1.54) is 48.9 Å². The van der Waals surface area contributed by atoms with E-state index in [-0.39, 0.29) is 12.5 Å². The van der Waals surface area contributed by atoms with Gasteiger partial charge in [0.1, 0.15) is 5.54 Å². The van der Waals surface area contributed by atoms with Gasteiger partial charge in [0.15, 0.2) is 8.07 Å². The molecule has 0 unspecified atom stereocenters. The maximum absolute atomic E-state index is 7.70. The van der Waals surface area contributed by atoms with Crippen molar-refractivity contribution >= 4 is 33.5 Å². The molecule has 4 aliphatic rings. The van der Waals surface area contributed by atoms with E-state index < -0.39 is 8.07 Å². The summed E-state index contributed by atoms with van der Waals surface area (Å²) in [5.41, 5.74) is 0.126. The Labute approximate surface area is 232 Å². The Morgan fingerprint density at radius 3 is 1.51 bits per heavy atom. The minimum Gasteiger partial charge on any atom is -0.549 e. The molecule has 4 aliphatic carbocycles. The second kappa shape index (κ2) is 11.0. The summed E-state index contributed by atoms with van der Waals surface area (Å²) < 4.78 is 2.47. The first-order valence-corrected chi connectivity index (χ1v) is 18.3. The van der Waals surface area contributed by atoms with Crippen LogP contribution < -0.4 is 5.19 Å². The fourth-order valence-electron chi connectivity index (χ4n) is 9.13. The summed E-state index contributed by atoms with van der Waals surface area (Å²) in [5.74, 6) is 2.61. The van der Waals surface area contributed by atoms with Crippen LogP contribution in [0.1, 0.15) is 93.9 Å². The normalized spacial score (nSPS) is 28.4. The van der Waals surface area contributed by atoms with E-state index in [0.717, 1.165) is 17.8 Å². The molecule has 6 heteroatoms. The maximum Gasteiger partial charge on any atom is 0.405 e. The van der Waals surface area contributed by atoms with Crippen molar-refractivity contribution < 1.29 is 4.49 Å². The van der Waals surface area contributed by atoms with E-state index in [4.69, 9.17) is 7.98 Å². The molecule has 4 bridgehead atoms. The molecule has 0 amide bonds. The molecule has 0 N–H and O–H groups in total. The topological polar surface area (TPSA) is 9.49 Å². The van der Waals surface area contributed by atoms with Gasteiger partial charge in [-0.1, -0.05) is 98.8 Å². The van der Waals surface area contributed by atoms with Crippen molar-refractivity contribution in [1.29, 1.82) is 0 Å². The Bertz CT molecular complexity index is 885. The van der Waals surface area contributed by atoms with Gasteiger partial charge in [-0.3, -0.25) is 0 Å². The van der Waals surface area contributed by atoms with Crippen molar-refractivity contribution in [3.63, 3.8) is 0 Å². The monoisotopic (exact) mass is 518 g/mol. The summed E-state index contributed by atoms with van der Waals surface area (Å²) in [7, 11) is 5.53. The van der Waals surface area contributed by atoms with E-state index in [0.29, 0.717) is 24.2 Å². The fourth-order valence-corrected chi connectivity index (χ4v) is 12.2. The lowest BCUT2D eigenvalue weighted by molar-refractivity contribution is -0.502. The maximum atomic E-state index is 7.70. The lowest BCUT2D eigenvalue weighted by Crippen LogP contribution is -2.75. The van der Waals surface area contributed by atoms with Gasteiger partial charge < -0.3 is 14.1 Å². The van der Waals surface area contributed by atoms with Gasteiger partial charge >= 0.3 is 6.98 Å². The molecular weight excluding hydrogens is 464 g/mol. The predicted octanol–water partition coefficient (Wildman–Crippen LogP) is 5.91. The SMILES string of the molecule is [B-]/[N+](=C(/B(N(C(C)C)C(C)C)N(C(C)C)C(C)C)[Si](C)(C)c1ccccc1)C12CC3CC(CC(C3)C1)C2. The van der Waals surface area contributed by atoms with E-state index in [9.17, 15) is 0 Å². The fraction of sp³-hybridized carbons (Fsp3) is 0.774. The van der Waals surface area contributed by atoms with Gasteiger partial charge in [-0.25, -0.2) is 0 Å². The first-order chi connectivity index (χ1) is 17.3. The largest absolute Gasteiger partial charge is 0.549 e. The second-order valence-corrected chi connectivity index (χ2v) is 18.9. The number of benzene rings is 1. The Morgan fingerprint density at radius 1 is 0.784 bits per heavy atom. The van der Waals surface area contributed by atoms with Crippen molar-refractivity contribution in [1.82, 2.24) is 9.62 Å². The van der Waals surface area contributed by atoms with Crippen molar-refractivity contribution in [3.8, 4) is 0 Å². The lowest BCUT2D eigenvalue weighted by Gasteiger charge is -2.59. The van der Waals surface area contributed by atoms with Crippen LogP contribution in [-0.2, 0) is 0 Å². The summed E-state index contributed by atoms with van der Waals surface area (Å²) in [5, 5.41) is 3.03. The Hall–Kier alpha value is -0.843. The molecule has 4 saturated carbocycles. The van der Waals surface area contributed by atoms with E-state index in [2.05, 4.69) is 113 Å². The molecule has 0 atom stereocenters. The number of nitrogens with zero attached hydrogens (tertiary/aromatic N) is 3. The molecule has 5 rings (SSSR count). The molecule has 3 nitrogen and oxygen atoms in total. The van der Waals surface area contributed by atoms with Gasteiger partial charge in [-0.15, -0.1) is 7.98 Å². The Morgan fingerprint density at radius 2 is 1.16 bits per heavy atom. The van der Waals surface area contributed by atoms with Crippen molar-refractivity contribution in [2.45, 2.75) is 137 Å². The van der Waals surface area contributed by atoms with Crippen LogP contribution in [0.15, 0.2) is 30.3 Å². The smallest absolute Gasteiger partial charge is 0.405 e. The third-order valence-electron chi connectivity index (χ3n) is 10.1. The van der Waals surface area contributed by atoms with Crippen LogP contribution in [0.2, 0.25) is 13.1 Å². The van der Waals surface area contributed by atoms with Gasteiger partial charge in [0.25, 0.3) is 0 Å². The summed E-state index contributed by atoms with van der Waals surface area (Å²) in [6, 6.07) is 13.1. The van der Waals surface area contributed by atoms with E-state index in [1.807, 2.05) is 0 Å². The predicted molar refractivity (Wildman–Crippen MR) is 165 cm³/mol. The average molecular weight is 519 g/mol. The van der Waals surface area contributed by atoms with E-state index in [1.54, 1.807) is 0 Å². The minimum absolute atomic E-state index is 0.126. The average Bonchev–Trinajstić information content (AvgIpc) is 2.77. The molecule has 0 heterocycles. The highest BCUT2D eigenvalue weighted by Crippen LogP contribution is 2.57. The van der Waals surface area contributed by atoms with Crippen molar-refractivity contribution in [2.75, 3.05) is 0 Å². The summed E-state index contributed by atoms with van der Waals surface area (Å²) >= 11 is 0. The Kier molecular flexibility index (Phi) is 8.64. The zero-order chi connectivity index (χ0) is 27.3. The number of rotatable bonds is 10. The van der Waals surface area contributed by atoms with Gasteiger partial charge in [0, 0.05) is 19.3 Å². The van der Waals surface area contributed by atoms with Crippen LogP contribution in [0.5, 0.6) is 0 Å². The molecule has 3 radical (unpaired) electrons. The first-order valence-electron chi connectivity index (χ1n) is 15.3.